The van der Waals surface area contributed by atoms with E-state index in [1.165, 1.54) is 0 Å². The molecule has 0 unspecified atom stereocenters. The Bertz CT molecular complexity index is 374. The molecular weight excluding hydrogens is 362 g/mol. The summed E-state index contributed by atoms with van der Waals surface area (Å²) >= 11 is 0. The number of aliphatic hydroxyl groups excluding tert-OH is 2. The topological polar surface area (TPSA) is 74.6 Å². The number of ketones is 2. The molecule has 1 radical (unpaired) electrons. The molecule has 0 aromatic carbocycles. The first kappa shape index (κ1) is 24.5. The van der Waals surface area contributed by atoms with Gasteiger partial charge in [0, 0.05) is 29.2 Å². The van der Waals surface area contributed by atoms with Crippen LogP contribution in [0.15, 0.2) is 23.7 Å². The molecular formula is C10H10CuF6O4. The monoisotopic (exact) mass is 371 g/mol. The molecule has 0 fully saturated rings. The van der Waals surface area contributed by atoms with Crippen LogP contribution in [0.5, 0.6) is 0 Å². The van der Waals surface area contributed by atoms with E-state index >= 15 is 0 Å². The van der Waals surface area contributed by atoms with Crippen LogP contribution in [0.4, 0.5) is 26.3 Å². The summed E-state index contributed by atoms with van der Waals surface area (Å²) in [5, 5.41) is 16.5. The van der Waals surface area contributed by atoms with Crippen molar-refractivity contribution in [3.8, 4) is 0 Å². The third-order valence-corrected chi connectivity index (χ3v) is 1.24. The SMILES string of the molecule is CC(O)=CC(=O)C(F)(F)F.CC(O)=CC(=O)C(F)(F)F.[Cu]. The van der Waals surface area contributed by atoms with Gasteiger partial charge in [0.1, 0.15) is 0 Å². The maximum absolute atomic E-state index is 11.3. The summed E-state index contributed by atoms with van der Waals surface area (Å²) in [6.45, 7) is 1.98. The van der Waals surface area contributed by atoms with Crippen molar-refractivity contribution in [1.29, 1.82) is 0 Å². The Kier molecular flexibility index (Phi) is 11.0. The number of alkyl halides is 6. The van der Waals surface area contributed by atoms with Crippen LogP contribution in [-0.2, 0) is 26.7 Å². The minimum atomic E-state index is -4.88. The smallest absolute Gasteiger partial charge is 0.454 e. The first-order valence-electron chi connectivity index (χ1n) is 4.64. The zero-order chi connectivity index (χ0) is 16.7. The van der Waals surface area contributed by atoms with E-state index in [0.717, 1.165) is 13.8 Å². The molecule has 0 bridgehead atoms. The van der Waals surface area contributed by atoms with Gasteiger partial charge < -0.3 is 10.2 Å². The van der Waals surface area contributed by atoms with Gasteiger partial charge in [-0.25, -0.2) is 0 Å². The third kappa shape index (κ3) is 14.7. The number of halogens is 6. The van der Waals surface area contributed by atoms with Crippen LogP contribution in [0.25, 0.3) is 0 Å². The van der Waals surface area contributed by atoms with Gasteiger partial charge in [-0.1, -0.05) is 0 Å². The van der Waals surface area contributed by atoms with Crippen molar-refractivity contribution in [3.63, 3.8) is 0 Å². The number of carbonyl (C=O) groups is 2. The summed E-state index contributed by atoms with van der Waals surface area (Å²) in [5.74, 6) is -5.40. The van der Waals surface area contributed by atoms with E-state index in [4.69, 9.17) is 10.2 Å². The van der Waals surface area contributed by atoms with Gasteiger partial charge in [0.25, 0.3) is 11.6 Å². The van der Waals surface area contributed by atoms with Crippen molar-refractivity contribution in [2.24, 2.45) is 0 Å². The maximum atomic E-state index is 11.3. The van der Waals surface area contributed by atoms with E-state index < -0.39 is 35.4 Å². The predicted molar refractivity (Wildman–Crippen MR) is 54.9 cm³/mol. The normalized spacial score (nSPS) is 12.8. The van der Waals surface area contributed by atoms with Crippen molar-refractivity contribution < 1.29 is 63.2 Å². The fourth-order valence-corrected chi connectivity index (χ4v) is 0.543. The fourth-order valence-electron chi connectivity index (χ4n) is 0.543. The minimum Gasteiger partial charge on any atom is -0.512 e. The molecule has 127 valence electrons. The largest absolute Gasteiger partial charge is 0.512 e. The standard InChI is InChI=1S/2C5H5F3O2.Cu/c2*1-3(9)2-4(10)5(6,7)8;/h2*2,9H,1H3;. The van der Waals surface area contributed by atoms with E-state index in [2.05, 4.69) is 0 Å². The zero-order valence-electron chi connectivity index (χ0n) is 10.4. The van der Waals surface area contributed by atoms with E-state index in [1.54, 1.807) is 0 Å². The second kappa shape index (κ2) is 9.45. The van der Waals surface area contributed by atoms with Crippen LogP contribution < -0.4 is 0 Å². The second-order valence-corrected chi connectivity index (χ2v) is 3.30. The van der Waals surface area contributed by atoms with Gasteiger partial charge in [-0.05, 0) is 13.8 Å². The molecule has 4 nitrogen and oxygen atoms in total. The Hall–Kier alpha value is -1.48. The Morgan fingerprint density at radius 1 is 0.762 bits per heavy atom. The van der Waals surface area contributed by atoms with Gasteiger partial charge in [-0.2, -0.15) is 26.3 Å². The summed E-state index contributed by atoms with van der Waals surface area (Å²) in [4.78, 5) is 19.8. The number of hydrogen-bond donors (Lipinski definition) is 2. The molecule has 0 aromatic heterocycles. The molecule has 0 aromatic rings. The average Bonchev–Trinajstić information content (AvgIpc) is 2.13. The summed E-state index contributed by atoms with van der Waals surface area (Å²) in [5.41, 5.74) is 0. The molecule has 0 heterocycles. The van der Waals surface area contributed by atoms with Crippen molar-refractivity contribution in [2.75, 3.05) is 0 Å². The summed E-state index contributed by atoms with van der Waals surface area (Å²) in [6.07, 6.45) is -9.52. The average molecular weight is 372 g/mol. The molecule has 21 heavy (non-hydrogen) atoms. The van der Waals surface area contributed by atoms with Crippen molar-refractivity contribution in [2.45, 2.75) is 26.2 Å². The first-order chi connectivity index (χ1) is 8.67. The van der Waals surface area contributed by atoms with Gasteiger partial charge in [-0.3, -0.25) is 9.59 Å². The molecule has 11 heteroatoms. The van der Waals surface area contributed by atoms with Crippen LogP contribution in [0.3, 0.4) is 0 Å². The molecule has 0 aliphatic carbocycles. The number of allylic oxidation sites excluding steroid dienone is 4. The molecule has 0 spiro atoms. The Balaban J connectivity index is -0.000000295. The van der Waals surface area contributed by atoms with Gasteiger partial charge in [-0.15, -0.1) is 0 Å². The molecule has 0 saturated carbocycles. The molecule has 2 N–H and O–H groups in total. The zero-order valence-corrected chi connectivity index (χ0v) is 11.4. The predicted octanol–water partition coefficient (Wildman–Crippen LogP) is 3.16. The quantitative estimate of drug-likeness (QED) is 0.338. The van der Waals surface area contributed by atoms with Gasteiger partial charge in [0.05, 0.1) is 11.5 Å². The molecule has 0 rings (SSSR count). The van der Waals surface area contributed by atoms with E-state index in [9.17, 15) is 35.9 Å². The first-order valence-corrected chi connectivity index (χ1v) is 4.64. The summed E-state index contributed by atoms with van der Waals surface area (Å²) < 4.78 is 67.8. The Morgan fingerprint density at radius 3 is 1.00 bits per heavy atom. The van der Waals surface area contributed by atoms with Crippen LogP contribution >= 0.6 is 0 Å². The van der Waals surface area contributed by atoms with Crippen molar-refractivity contribution >= 4 is 11.6 Å². The Labute approximate surface area is 125 Å². The van der Waals surface area contributed by atoms with Gasteiger partial charge in [0.2, 0.25) is 0 Å². The molecule has 0 aliphatic rings. The fraction of sp³-hybridized carbons (Fsp3) is 0.400. The van der Waals surface area contributed by atoms with Crippen LogP contribution in [-0.4, -0.2) is 34.1 Å². The van der Waals surface area contributed by atoms with Crippen LogP contribution in [0.1, 0.15) is 13.8 Å². The van der Waals surface area contributed by atoms with E-state index in [1.807, 2.05) is 0 Å². The number of hydrogen-bond acceptors (Lipinski definition) is 4. The molecule has 0 atom stereocenters. The van der Waals surface area contributed by atoms with Crippen LogP contribution in [0, 0.1) is 0 Å². The van der Waals surface area contributed by atoms with Crippen molar-refractivity contribution in [1.82, 2.24) is 0 Å². The van der Waals surface area contributed by atoms with E-state index in [-0.39, 0.29) is 29.2 Å². The minimum absolute atomic E-state index is 0. The summed E-state index contributed by atoms with van der Waals surface area (Å²) in [7, 11) is 0. The molecule has 0 amide bonds. The van der Waals surface area contributed by atoms with Crippen molar-refractivity contribution in [3.05, 3.63) is 23.7 Å². The number of carbonyl (C=O) groups excluding carboxylic acids is 2. The maximum Gasteiger partial charge on any atom is 0.454 e. The number of rotatable bonds is 2. The Morgan fingerprint density at radius 2 is 0.952 bits per heavy atom. The van der Waals surface area contributed by atoms with Crippen LogP contribution in [0.2, 0.25) is 0 Å². The molecule has 0 aliphatic heterocycles. The third-order valence-electron chi connectivity index (χ3n) is 1.24. The summed E-state index contributed by atoms with van der Waals surface area (Å²) in [6, 6.07) is 0. The molecule has 0 saturated heterocycles. The van der Waals surface area contributed by atoms with E-state index in [0.29, 0.717) is 0 Å². The van der Waals surface area contributed by atoms with Gasteiger partial charge in [0.15, 0.2) is 0 Å². The van der Waals surface area contributed by atoms with Gasteiger partial charge >= 0.3 is 12.4 Å². The second-order valence-electron chi connectivity index (χ2n) is 3.30. The number of aliphatic hydroxyl groups is 2.